The summed E-state index contributed by atoms with van der Waals surface area (Å²) in [5.41, 5.74) is 1.14. The number of rotatable bonds is 6. The van der Waals surface area contributed by atoms with E-state index in [0.717, 1.165) is 11.3 Å². The van der Waals surface area contributed by atoms with E-state index in [2.05, 4.69) is 10.2 Å². The molecule has 1 aromatic carbocycles. The van der Waals surface area contributed by atoms with Gasteiger partial charge in [-0.2, -0.15) is 0 Å². The monoisotopic (exact) mass is 321 g/mol. The van der Waals surface area contributed by atoms with Crippen molar-refractivity contribution in [1.29, 1.82) is 0 Å². The summed E-state index contributed by atoms with van der Waals surface area (Å²) in [4.78, 5) is 11.5. The van der Waals surface area contributed by atoms with Crippen LogP contribution < -0.4 is 4.74 Å². The van der Waals surface area contributed by atoms with Gasteiger partial charge in [0.25, 0.3) is 0 Å². The van der Waals surface area contributed by atoms with Crippen LogP contribution in [0.5, 0.6) is 5.75 Å². The predicted octanol–water partition coefficient (Wildman–Crippen LogP) is 2.36. The number of thioether (sulfide) groups is 1. The lowest BCUT2D eigenvalue weighted by Crippen LogP contribution is -2.15. The maximum Gasteiger partial charge on any atom is 0.318 e. The molecule has 118 valence electrons. The first kappa shape index (κ1) is 16.4. The van der Waals surface area contributed by atoms with Crippen LogP contribution in [0.2, 0.25) is 0 Å². The van der Waals surface area contributed by atoms with Crippen LogP contribution in [0.4, 0.5) is 0 Å². The minimum absolute atomic E-state index is 0.287. The highest BCUT2D eigenvalue weighted by Gasteiger charge is 2.19. The molecule has 6 nitrogen and oxygen atoms in total. The van der Waals surface area contributed by atoms with Gasteiger partial charge in [0.2, 0.25) is 0 Å². The lowest BCUT2D eigenvalue weighted by atomic mass is 10.2. The predicted molar refractivity (Wildman–Crippen MR) is 83.8 cm³/mol. The van der Waals surface area contributed by atoms with Gasteiger partial charge in [-0.1, -0.05) is 23.9 Å². The molecule has 7 heteroatoms. The third kappa shape index (κ3) is 4.00. The largest absolute Gasteiger partial charge is 0.486 e. The lowest BCUT2D eigenvalue weighted by molar-refractivity contribution is -0.139. The van der Waals surface area contributed by atoms with Crippen LogP contribution in [0.25, 0.3) is 0 Å². The zero-order chi connectivity index (χ0) is 16.1. The number of carbonyl (C=O) groups is 1. The summed E-state index contributed by atoms with van der Waals surface area (Å²) in [6.07, 6.45) is 0. The van der Waals surface area contributed by atoms with Crippen LogP contribution >= 0.6 is 11.8 Å². The maximum absolute atomic E-state index is 11.5. The second-order valence-electron chi connectivity index (χ2n) is 4.85. The van der Waals surface area contributed by atoms with Gasteiger partial charge in [-0.25, -0.2) is 0 Å². The standard InChI is InChI=1S/C15H19N3O3S/c1-10-6-5-7-12(8-10)21-9-13-16-17-15(18(13)3)22-11(2)14(19)20-4/h5-8,11H,9H2,1-4H3/t11-/m0/s1. The minimum atomic E-state index is -0.335. The van der Waals surface area contributed by atoms with Crippen molar-refractivity contribution in [2.45, 2.75) is 30.9 Å². The Morgan fingerprint density at radius 3 is 2.86 bits per heavy atom. The molecule has 0 saturated carbocycles. The van der Waals surface area contributed by atoms with Crippen molar-refractivity contribution in [2.24, 2.45) is 7.05 Å². The van der Waals surface area contributed by atoms with E-state index >= 15 is 0 Å². The fourth-order valence-corrected chi connectivity index (χ4v) is 2.66. The number of methoxy groups -OCH3 is 1. The van der Waals surface area contributed by atoms with Crippen molar-refractivity contribution >= 4 is 17.7 Å². The molecule has 0 fully saturated rings. The van der Waals surface area contributed by atoms with Gasteiger partial charge in [-0.05, 0) is 31.5 Å². The van der Waals surface area contributed by atoms with Gasteiger partial charge in [-0.3, -0.25) is 4.79 Å². The van der Waals surface area contributed by atoms with Crippen LogP contribution in [0.15, 0.2) is 29.4 Å². The molecule has 0 aliphatic heterocycles. The summed E-state index contributed by atoms with van der Waals surface area (Å²) in [5, 5.41) is 8.52. The number of carbonyl (C=O) groups excluding carboxylic acids is 1. The first-order valence-corrected chi connectivity index (χ1v) is 7.71. The molecule has 0 unspecified atom stereocenters. The smallest absolute Gasteiger partial charge is 0.318 e. The summed E-state index contributed by atoms with van der Waals surface area (Å²) in [5.74, 6) is 1.20. The van der Waals surface area contributed by atoms with Crippen LogP contribution in [-0.4, -0.2) is 33.1 Å². The fourth-order valence-electron chi connectivity index (χ4n) is 1.80. The Hall–Kier alpha value is -2.02. The van der Waals surface area contributed by atoms with Crippen molar-refractivity contribution in [2.75, 3.05) is 7.11 Å². The molecule has 0 bridgehead atoms. The van der Waals surface area contributed by atoms with Gasteiger partial charge in [0.05, 0.1) is 7.11 Å². The third-order valence-corrected chi connectivity index (χ3v) is 4.21. The SMILES string of the molecule is COC(=O)[C@H](C)Sc1nnc(COc2cccc(C)c2)n1C. The molecule has 0 saturated heterocycles. The normalized spacial score (nSPS) is 12.0. The first-order chi connectivity index (χ1) is 10.5. The van der Waals surface area contributed by atoms with Crippen molar-refractivity contribution in [1.82, 2.24) is 14.8 Å². The first-order valence-electron chi connectivity index (χ1n) is 6.83. The zero-order valence-corrected chi connectivity index (χ0v) is 13.9. The number of nitrogens with zero attached hydrogens (tertiary/aromatic N) is 3. The van der Waals surface area contributed by atoms with Crippen molar-refractivity contribution in [3.05, 3.63) is 35.7 Å². The summed E-state index contributed by atoms with van der Waals surface area (Å²) in [6.45, 7) is 4.10. The van der Waals surface area contributed by atoms with Gasteiger partial charge in [0.15, 0.2) is 11.0 Å². The zero-order valence-electron chi connectivity index (χ0n) is 13.1. The van der Waals surface area contributed by atoms with E-state index in [1.54, 1.807) is 6.92 Å². The minimum Gasteiger partial charge on any atom is -0.486 e. The summed E-state index contributed by atoms with van der Waals surface area (Å²) in [7, 11) is 3.22. The Morgan fingerprint density at radius 1 is 1.41 bits per heavy atom. The van der Waals surface area contributed by atoms with Crippen LogP contribution in [0, 0.1) is 6.92 Å². The molecular weight excluding hydrogens is 302 g/mol. The Kier molecular flexibility index (Phi) is 5.43. The summed E-state index contributed by atoms with van der Waals surface area (Å²) < 4.78 is 12.2. The lowest BCUT2D eigenvalue weighted by Gasteiger charge is -2.09. The number of esters is 1. The number of aromatic nitrogens is 3. The average molecular weight is 321 g/mol. The second kappa shape index (κ2) is 7.31. The highest BCUT2D eigenvalue weighted by molar-refractivity contribution is 8.00. The summed E-state index contributed by atoms with van der Waals surface area (Å²) >= 11 is 1.31. The van der Waals surface area contributed by atoms with Gasteiger partial charge in [0.1, 0.15) is 17.6 Å². The molecular formula is C15H19N3O3S. The van der Waals surface area contributed by atoms with Crippen molar-refractivity contribution in [3.8, 4) is 5.75 Å². The van der Waals surface area contributed by atoms with Crippen LogP contribution in [0.3, 0.4) is 0 Å². The fraction of sp³-hybridized carbons (Fsp3) is 0.400. The highest BCUT2D eigenvalue weighted by atomic mass is 32.2. The van der Waals surface area contributed by atoms with Gasteiger partial charge in [0, 0.05) is 7.05 Å². The quantitative estimate of drug-likeness (QED) is 0.601. The molecule has 0 aliphatic carbocycles. The van der Waals surface area contributed by atoms with Gasteiger partial charge < -0.3 is 14.0 Å². The Bertz CT molecular complexity index is 657. The Balaban J connectivity index is 2.00. The molecule has 0 N–H and O–H groups in total. The van der Waals surface area contributed by atoms with E-state index in [1.807, 2.05) is 42.8 Å². The second-order valence-corrected chi connectivity index (χ2v) is 6.15. The number of ether oxygens (including phenoxy) is 2. The van der Waals surface area contributed by atoms with Crippen molar-refractivity contribution in [3.63, 3.8) is 0 Å². The van der Waals surface area contributed by atoms with E-state index in [9.17, 15) is 4.79 Å². The topological polar surface area (TPSA) is 66.2 Å². The molecule has 22 heavy (non-hydrogen) atoms. The highest BCUT2D eigenvalue weighted by Crippen LogP contribution is 2.22. The molecule has 0 amide bonds. The molecule has 0 spiro atoms. The molecule has 0 aliphatic rings. The van der Waals surface area contributed by atoms with Gasteiger partial charge in [-0.15, -0.1) is 10.2 Å². The number of hydrogen-bond acceptors (Lipinski definition) is 6. The van der Waals surface area contributed by atoms with Crippen molar-refractivity contribution < 1.29 is 14.3 Å². The average Bonchev–Trinajstić information content (AvgIpc) is 2.85. The molecule has 2 aromatic rings. The Labute approximate surface area is 133 Å². The van der Waals surface area contributed by atoms with E-state index in [1.165, 1.54) is 18.9 Å². The molecule has 0 radical (unpaired) electrons. The maximum atomic E-state index is 11.5. The van der Waals surface area contributed by atoms with Crippen LogP contribution in [-0.2, 0) is 23.2 Å². The molecule has 1 aromatic heterocycles. The number of benzene rings is 1. The molecule has 1 heterocycles. The molecule has 1 atom stereocenters. The van der Waals surface area contributed by atoms with Crippen LogP contribution in [0.1, 0.15) is 18.3 Å². The van der Waals surface area contributed by atoms with E-state index in [0.29, 0.717) is 17.6 Å². The van der Waals surface area contributed by atoms with Gasteiger partial charge >= 0.3 is 5.97 Å². The van der Waals surface area contributed by atoms with E-state index in [4.69, 9.17) is 9.47 Å². The third-order valence-electron chi connectivity index (χ3n) is 3.10. The number of aryl methyl sites for hydroxylation is 1. The van der Waals surface area contributed by atoms with E-state index in [-0.39, 0.29) is 11.2 Å². The summed E-state index contributed by atoms with van der Waals surface area (Å²) in [6, 6.07) is 7.82. The molecule has 2 rings (SSSR count). The Morgan fingerprint density at radius 2 is 2.18 bits per heavy atom. The number of hydrogen-bond donors (Lipinski definition) is 0. The van der Waals surface area contributed by atoms with E-state index < -0.39 is 0 Å².